The molecule has 1 amide bonds. The maximum Gasteiger partial charge on any atom is 0.286 e. The second-order valence-corrected chi connectivity index (χ2v) is 6.24. The third-order valence-corrected chi connectivity index (χ3v) is 4.63. The number of aromatic nitrogens is 1. The summed E-state index contributed by atoms with van der Waals surface area (Å²) in [5.41, 5.74) is -0.244. The summed E-state index contributed by atoms with van der Waals surface area (Å²) < 4.78 is 10.9. The van der Waals surface area contributed by atoms with E-state index in [4.69, 9.17) is 9.47 Å². The Labute approximate surface area is 155 Å². The summed E-state index contributed by atoms with van der Waals surface area (Å²) in [5.74, 6) is 1.14. The molecule has 1 fully saturated rings. The van der Waals surface area contributed by atoms with Gasteiger partial charge in [-0.15, -0.1) is 0 Å². The van der Waals surface area contributed by atoms with Crippen molar-refractivity contribution in [2.45, 2.75) is 0 Å². The summed E-state index contributed by atoms with van der Waals surface area (Å²) >= 11 is 0. The molecule has 2 aliphatic heterocycles. The van der Waals surface area contributed by atoms with Crippen LogP contribution in [0.15, 0.2) is 36.5 Å². The molecule has 1 saturated heterocycles. The van der Waals surface area contributed by atoms with Crippen molar-refractivity contribution in [2.75, 3.05) is 44.3 Å². The van der Waals surface area contributed by atoms with Gasteiger partial charge in [-0.2, -0.15) is 0 Å². The first-order valence-corrected chi connectivity index (χ1v) is 8.67. The molecule has 0 atom stereocenters. The number of nitro benzene ring substituents is 1. The smallest absolute Gasteiger partial charge is 0.286 e. The van der Waals surface area contributed by atoms with Crippen molar-refractivity contribution in [1.82, 2.24) is 9.88 Å². The number of nitrogens with zero attached hydrogens (tertiary/aromatic N) is 4. The molecule has 2 aromatic rings. The number of rotatable bonds is 3. The van der Waals surface area contributed by atoms with Crippen LogP contribution in [0, 0.1) is 10.1 Å². The number of piperazine rings is 1. The molecule has 1 aromatic carbocycles. The number of fused-ring (bicyclic) bond motifs is 1. The predicted molar refractivity (Wildman–Crippen MR) is 96.4 cm³/mol. The number of hydrogen-bond acceptors (Lipinski definition) is 7. The Bertz CT molecular complexity index is 866. The van der Waals surface area contributed by atoms with E-state index in [-0.39, 0.29) is 17.2 Å². The third-order valence-electron chi connectivity index (χ3n) is 4.63. The molecular formula is C18H18N4O5. The number of amides is 1. The van der Waals surface area contributed by atoms with Gasteiger partial charge in [0.2, 0.25) is 0 Å². The highest BCUT2D eigenvalue weighted by atomic mass is 16.6. The van der Waals surface area contributed by atoms with E-state index in [0.717, 1.165) is 5.82 Å². The molecule has 140 valence electrons. The van der Waals surface area contributed by atoms with E-state index in [2.05, 4.69) is 9.88 Å². The zero-order valence-electron chi connectivity index (χ0n) is 14.5. The lowest BCUT2D eigenvalue weighted by atomic mass is 10.1. The van der Waals surface area contributed by atoms with Crippen LogP contribution < -0.4 is 14.4 Å². The van der Waals surface area contributed by atoms with E-state index in [1.807, 2.05) is 18.2 Å². The Balaban J connectivity index is 1.54. The van der Waals surface area contributed by atoms with Gasteiger partial charge < -0.3 is 19.3 Å². The van der Waals surface area contributed by atoms with Gasteiger partial charge in [0, 0.05) is 38.4 Å². The predicted octanol–water partition coefficient (Wildman–Crippen LogP) is 1.72. The third kappa shape index (κ3) is 3.35. The molecule has 9 nitrogen and oxygen atoms in total. The van der Waals surface area contributed by atoms with Crippen molar-refractivity contribution in [1.29, 1.82) is 0 Å². The summed E-state index contributed by atoms with van der Waals surface area (Å²) in [5, 5.41) is 11.5. The molecule has 0 radical (unpaired) electrons. The highest BCUT2D eigenvalue weighted by molar-refractivity contribution is 5.99. The Kier molecular flexibility index (Phi) is 4.49. The highest BCUT2D eigenvalue weighted by Crippen LogP contribution is 2.37. The maximum atomic E-state index is 12.9. The second kappa shape index (κ2) is 7.10. The van der Waals surface area contributed by atoms with Crippen LogP contribution >= 0.6 is 0 Å². The maximum absolute atomic E-state index is 12.9. The van der Waals surface area contributed by atoms with Gasteiger partial charge in [0.15, 0.2) is 11.5 Å². The lowest BCUT2D eigenvalue weighted by molar-refractivity contribution is -0.385. The Hall–Kier alpha value is -3.36. The van der Waals surface area contributed by atoms with Gasteiger partial charge >= 0.3 is 0 Å². The minimum absolute atomic E-state index is 0.0236. The van der Waals surface area contributed by atoms with Crippen molar-refractivity contribution in [3.8, 4) is 11.5 Å². The molecule has 2 aliphatic rings. The van der Waals surface area contributed by atoms with Gasteiger partial charge in [0.25, 0.3) is 11.6 Å². The van der Waals surface area contributed by atoms with Crippen molar-refractivity contribution in [3.63, 3.8) is 0 Å². The van der Waals surface area contributed by atoms with E-state index in [1.165, 1.54) is 12.1 Å². The molecule has 0 saturated carbocycles. The average Bonchev–Trinajstić information content (AvgIpc) is 2.73. The van der Waals surface area contributed by atoms with Crippen LogP contribution in [0.25, 0.3) is 0 Å². The molecule has 0 spiro atoms. The summed E-state index contributed by atoms with van der Waals surface area (Å²) in [7, 11) is 0. The first-order chi connectivity index (χ1) is 13.1. The largest absolute Gasteiger partial charge is 0.486 e. The van der Waals surface area contributed by atoms with Crippen molar-refractivity contribution < 1.29 is 19.2 Å². The highest BCUT2D eigenvalue weighted by Gasteiger charge is 2.31. The van der Waals surface area contributed by atoms with E-state index in [0.29, 0.717) is 50.9 Å². The lowest BCUT2D eigenvalue weighted by Gasteiger charge is -2.35. The topological polar surface area (TPSA) is 98.0 Å². The average molecular weight is 370 g/mol. The minimum Gasteiger partial charge on any atom is -0.486 e. The van der Waals surface area contributed by atoms with E-state index >= 15 is 0 Å². The first-order valence-electron chi connectivity index (χ1n) is 8.67. The number of nitro groups is 1. The lowest BCUT2D eigenvalue weighted by Crippen LogP contribution is -2.49. The van der Waals surface area contributed by atoms with Crippen LogP contribution in [-0.4, -0.2) is 60.1 Å². The van der Waals surface area contributed by atoms with Crippen LogP contribution in [-0.2, 0) is 0 Å². The fourth-order valence-electron chi connectivity index (χ4n) is 3.25. The first kappa shape index (κ1) is 17.1. The quantitative estimate of drug-likeness (QED) is 0.599. The molecule has 3 heterocycles. The van der Waals surface area contributed by atoms with Crippen molar-refractivity contribution >= 4 is 17.4 Å². The monoisotopic (exact) mass is 370 g/mol. The summed E-state index contributed by atoms with van der Waals surface area (Å²) in [6, 6.07) is 8.37. The molecule has 0 bridgehead atoms. The molecule has 0 N–H and O–H groups in total. The van der Waals surface area contributed by atoms with Crippen molar-refractivity contribution in [3.05, 3.63) is 52.2 Å². The van der Waals surface area contributed by atoms with Gasteiger partial charge in [-0.3, -0.25) is 14.9 Å². The van der Waals surface area contributed by atoms with Crippen LogP contribution in [0.3, 0.4) is 0 Å². The Morgan fingerprint density at radius 1 is 1.07 bits per heavy atom. The SMILES string of the molecule is O=C(c1cc2c(cc1[N+](=O)[O-])OCCO2)N1CCN(c2ccccn2)CC1. The van der Waals surface area contributed by atoms with Crippen molar-refractivity contribution in [2.24, 2.45) is 0 Å². The van der Waals surface area contributed by atoms with E-state index in [1.54, 1.807) is 11.1 Å². The molecule has 0 aliphatic carbocycles. The van der Waals surface area contributed by atoms with Gasteiger partial charge in [-0.05, 0) is 12.1 Å². The van der Waals surface area contributed by atoms with Gasteiger partial charge in [0.05, 0.1) is 11.0 Å². The molecule has 0 unspecified atom stereocenters. The van der Waals surface area contributed by atoms with Gasteiger partial charge in [-0.25, -0.2) is 4.98 Å². The molecule has 27 heavy (non-hydrogen) atoms. The fraction of sp³-hybridized carbons (Fsp3) is 0.333. The molecule has 1 aromatic heterocycles. The number of hydrogen-bond donors (Lipinski definition) is 0. The van der Waals surface area contributed by atoms with E-state index in [9.17, 15) is 14.9 Å². The summed E-state index contributed by atoms with van der Waals surface area (Å²) in [4.78, 5) is 31.9. The fourth-order valence-corrected chi connectivity index (χ4v) is 3.25. The van der Waals surface area contributed by atoms with Gasteiger partial charge in [0.1, 0.15) is 24.6 Å². The molecular weight excluding hydrogens is 352 g/mol. The summed E-state index contributed by atoms with van der Waals surface area (Å²) in [6.07, 6.45) is 1.73. The molecule has 4 rings (SSSR count). The van der Waals surface area contributed by atoms with Crippen LogP contribution in [0.2, 0.25) is 0 Å². The Morgan fingerprint density at radius 2 is 1.78 bits per heavy atom. The molecule has 9 heteroatoms. The van der Waals surface area contributed by atoms with Crippen LogP contribution in [0.1, 0.15) is 10.4 Å². The Morgan fingerprint density at radius 3 is 2.41 bits per heavy atom. The number of pyridine rings is 1. The second-order valence-electron chi connectivity index (χ2n) is 6.24. The number of carbonyl (C=O) groups is 1. The van der Waals surface area contributed by atoms with Crippen LogP contribution in [0.4, 0.5) is 11.5 Å². The zero-order chi connectivity index (χ0) is 18.8. The van der Waals surface area contributed by atoms with E-state index < -0.39 is 4.92 Å². The summed E-state index contributed by atoms with van der Waals surface area (Å²) in [6.45, 7) is 2.82. The van der Waals surface area contributed by atoms with Gasteiger partial charge in [-0.1, -0.05) is 6.07 Å². The standard InChI is InChI=1S/C18H18N4O5/c23-18(21-7-5-20(6-8-21)17-3-1-2-4-19-17)13-11-15-16(27-10-9-26-15)12-14(13)22(24)25/h1-4,11-12H,5-10H2. The van der Waals surface area contributed by atoms with Crippen LogP contribution in [0.5, 0.6) is 11.5 Å². The normalized spacial score (nSPS) is 16.1. The number of carbonyl (C=O) groups excluding carboxylic acids is 1. The zero-order valence-corrected chi connectivity index (χ0v) is 14.5. The number of benzene rings is 1. The minimum atomic E-state index is -0.560. The number of anilines is 1. The number of ether oxygens (including phenoxy) is 2.